The summed E-state index contributed by atoms with van der Waals surface area (Å²) in [6.45, 7) is 33.3. The Bertz CT molecular complexity index is 474. The molecule has 0 atom stereocenters. The number of allylic oxidation sites excluding steroid dienone is 1. The first kappa shape index (κ1) is 38.8. The van der Waals surface area contributed by atoms with Gasteiger partial charge in [0.2, 0.25) is 0 Å². The summed E-state index contributed by atoms with van der Waals surface area (Å²) in [4.78, 5) is 0. The second-order valence-electron chi connectivity index (χ2n) is 12.7. The molecule has 0 aliphatic carbocycles. The topological polar surface area (TPSA) is 27.7 Å². The summed E-state index contributed by atoms with van der Waals surface area (Å²) in [5.41, 5.74) is 2.13. The minimum Gasteiger partial charge on any atom is -0.420 e. The summed E-state index contributed by atoms with van der Waals surface area (Å²) in [7, 11) is 1.42. The van der Waals surface area contributed by atoms with E-state index < -0.39 is 25.0 Å². The molecule has 0 aliphatic heterocycles. The van der Waals surface area contributed by atoms with Gasteiger partial charge in [-0.1, -0.05) is 87.7 Å². The SMILES string of the molecule is C=CCCCCCC[Si](C)(C)OC.CO[Si](C(C)C)(C(C)C)C(C)C.CO[Si](C)(C)C(C)(C)C. The Labute approximate surface area is 220 Å². The van der Waals surface area contributed by atoms with Gasteiger partial charge in [0.25, 0.3) is 0 Å². The third-order valence-corrected chi connectivity index (χ3v) is 21.3. The zero-order chi connectivity index (χ0) is 27.8. The maximum atomic E-state index is 5.86. The van der Waals surface area contributed by atoms with E-state index in [4.69, 9.17) is 13.3 Å². The molecule has 0 rings (SSSR count). The lowest BCUT2D eigenvalue weighted by Gasteiger charge is -2.40. The molecule has 0 aliphatic rings. The zero-order valence-corrected chi connectivity index (χ0v) is 29.5. The Morgan fingerprint density at radius 1 is 0.676 bits per heavy atom. The van der Waals surface area contributed by atoms with Gasteiger partial charge >= 0.3 is 0 Å². The molecule has 208 valence electrons. The van der Waals surface area contributed by atoms with Crippen molar-refractivity contribution in [3.8, 4) is 0 Å². The minimum absolute atomic E-state index is 0.363. The van der Waals surface area contributed by atoms with Crippen LogP contribution in [0.2, 0.25) is 53.9 Å². The van der Waals surface area contributed by atoms with Crippen molar-refractivity contribution in [3.05, 3.63) is 12.7 Å². The highest BCUT2D eigenvalue weighted by Crippen LogP contribution is 2.41. The standard InChI is InChI=1S/C11H24OSi.C10H24OSi.C7H18OSi/c1-5-6-7-8-9-10-11-13(3,4)12-2;1-8(2)12(11-7,9(3)4)10(5)6;1-7(2,3)9(5,6)8-4/h5H,1,6-11H2,2-4H3;8-10H,1-7H3;1-6H3. The molecule has 0 heterocycles. The number of unbranched alkanes of at least 4 members (excludes halogenated alkanes) is 4. The molecule has 0 amide bonds. The molecule has 34 heavy (non-hydrogen) atoms. The largest absolute Gasteiger partial charge is 0.420 e. The molecule has 0 fully saturated rings. The summed E-state index contributed by atoms with van der Waals surface area (Å²) >= 11 is 0. The van der Waals surface area contributed by atoms with E-state index in [2.05, 4.69) is 95.1 Å². The molecule has 0 bridgehead atoms. The highest BCUT2D eigenvalue weighted by molar-refractivity contribution is 6.77. The third-order valence-electron chi connectivity index (χ3n) is 7.87. The molecular weight excluding hydrogens is 469 g/mol. The van der Waals surface area contributed by atoms with E-state index in [0.717, 1.165) is 0 Å². The van der Waals surface area contributed by atoms with Gasteiger partial charge in [-0.15, -0.1) is 6.58 Å². The van der Waals surface area contributed by atoms with Crippen LogP contribution in [0.5, 0.6) is 0 Å². The highest BCUT2D eigenvalue weighted by Gasteiger charge is 2.43. The average Bonchev–Trinajstić information content (AvgIpc) is 2.70. The van der Waals surface area contributed by atoms with Gasteiger partial charge in [0.15, 0.2) is 25.0 Å². The van der Waals surface area contributed by atoms with Gasteiger partial charge in [-0.05, 0) is 66.7 Å². The summed E-state index contributed by atoms with van der Waals surface area (Å²) in [5, 5.41) is 0.363. The Hall–Kier alpha value is 0.271. The molecule has 0 saturated heterocycles. The molecule has 0 saturated carbocycles. The number of hydrogen-bond donors (Lipinski definition) is 0. The van der Waals surface area contributed by atoms with E-state index in [1.54, 1.807) is 0 Å². The predicted molar refractivity (Wildman–Crippen MR) is 165 cm³/mol. The second kappa shape index (κ2) is 18.5. The fraction of sp³-hybridized carbons (Fsp3) is 0.929. The fourth-order valence-corrected chi connectivity index (χ4v) is 11.6. The monoisotopic (exact) mass is 534 g/mol. The van der Waals surface area contributed by atoms with Crippen molar-refractivity contribution >= 4 is 25.0 Å². The van der Waals surface area contributed by atoms with E-state index in [1.165, 1.54) is 38.1 Å². The van der Waals surface area contributed by atoms with E-state index >= 15 is 0 Å². The van der Waals surface area contributed by atoms with Gasteiger partial charge in [0.05, 0.1) is 0 Å². The van der Waals surface area contributed by atoms with Crippen molar-refractivity contribution in [2.24, 2.45) is 0 Å². The molecule has 0 N–H and O–H groups in total. The quantitative estimate of drug-likeness (QED) is 0.134. The average molecular weight is 535 g/mol. The molecule has 0 spiro atoms. The van der Waals surface area contributed by atoms with Crippen LogP contribution in [0.1, 0.15) is 94.4 Å². The van der Waals surface area contributed by atoms with E-state index in [0.29, 0.717) is 21.7 Å². The van der Waals surface area contributed by atoms with Crippen molar-refractivity contribution in [2.75, 3.05) is 21.3 Å². The lowest BCUT2D eigenvalue weighted by atomic mass is 10.1. The molecule has 6 heteroatoms. The highest BCUT2D eigenvalue weighted by atomic mass is 28.4. The van der Waals surface area contributed by atoms with Crippen molar-refractivity contribution < 1.29 is 13.3 Å². The van der Waals surface area contributed by atoms with Gasteiger partial charge in [0, 0.05) is 21.3 Å². The molecule has 0 aromatic carbocycles. The van der Waals surface area contributed by atoms with Crippen molar-refractivity contribution in [1.29, 1.82) is 0 Å². The Kier molecular flexibility index (Phi) is 21.1. The van der Waals surface area contributed by atoms with Crippen molar-refractivity contribution in [2.45, 2.75) is 148 Å². The Morgan fingerprint density at radius 2 is 1.09 bits per heavy atom. The first-order valence-corrected chi connectivity index (χ1v) is 21.8. The fourth-order valence-electron chi connectivity index (χ4n) is 4.31. The van der Waals surface area contributed by atoms with Crippen molar-refractivity contribution in [1.82, 2.24) is 0 Å². The van der Waals surface area contributed by atoms with Crippen LogP contribution in [0.3, 0.4) is 0 Å². The lowest BCUT2D eigenvalue weighted by Crippen LogP contribution is -2.46. The molecule has 0 unspecified atom stereocenters. The van der Waals surface area contributed by atoms with Crippen LogP contribution in [0.15, 0.2) is 12.7 Å². The molecule has 0 aromatic heterocycles. The predicted octanol–water partition coefficient (Wildman–Crippen LogP) is 10.4. The number of hydrogen-bond acceptors (Lipinski definition) is 3. The van der Waals surface area contributed by atoms with E-state index in [1.807, 2.05) is 27.4 Å². The van der Waals surface area contributed by atoms with Crippen LogP contribution in [-0.4, -0.2) is 46.3 Å². The Balaban J connectivity index is -0.000000431. The van der Waals surface area contributed by atoms with Gasteiger partial charge < -0.3 is 13.3 Å². The first-order valence-electron chi connectivity index (χ1n) is 13.6. The van der Waals surface area contributed by atoms with E-state index in [-0.39, 0.29) is 0 Å². The molecular formula is C28H66O3Si3. The first-order chi connectivity index (χ1) is 15.3. The van der Waals surface area contributed by atoms with Gasteiger partial charge in [-0.2, -0.15) is 0 Å². The summed E-state index contributed by atoms with van der Waals surface area (Å²) < 4.78 is 16.8. The molecule has 0 aromatic rings. The van der Waals surface area contributed by atoms with Crippen LogP contribution in [0.25, 0.3) is 0 Å². The lowest BCUT2D eigenvalue weighted by molar-refractivity contribution is 0.360. The minimum atomic E-state index is -1.50. The third kappa shape index (κ3) is 15.4. The molecule has 0 radical (unpaired) electrons. The summed E-state index contributed by atoms with van der Waals surface area (Å²) in [6, 6.07) is 1.30. The maximum Gasteiger partial charge on any atom is 0.199 e. The van der Waals surface area contributed by atoms with Gasteiger partial charge in [-0.25, -0.2) is 0 Å². The van der Waals surface area contributed by atoms with Crippen LogP contribution < -0.4 is 0 Å². The number of rotatable bonds is 13. The molecule has 3 nitrogen and oxygen atoms in total. The van der Waals surface area contributed by atoms with Crippen molar-refractivity contribution in [3.63, 3.8) is 0 Å². The van der Waals surface area contributed by atoms with Gasteiger partial charge in [-0.3, -0.25) is 0 Å². The van der Waals surface area contributed by atoms with Gasteiger partial charge in [0.1, 0.15) is 0 Å². The maximum absolute atomic E-state index is 5.86. The van der Waals surface area contributed by atoms with Crippen LogP contribution in [0.4, 0.5) is 0 Å². The second-order valence-corrected chi connectivity index (χ2v) is 27.6. The normalized spacial score (nSPS) is 12.9. The Morgan fingerprint density at radius 3 is 1.29 bits per heavy atom. The van der Waals surface area contributed by atoms with Crippen LogP contribution >= 0.6 is 0 Å². The zero-order valence-electron chi connectivity index (χ0n) is 26.5. The smallest absolute Gasteiger partial charge is 0.199 e. The summed E-state index contributed by atoms with van der Waals surface area (Å²) in [6.07, 6.45) is 8.52. The van der Waals surface area contributed by atoms with Crippen LogP contribution in [-0.2, 0) is 13.3 Å². The van der Waals surface area contributed by atoms with Crippen LogP contribution in [0, 0.1) is 0 Å². The van der Waals surface area contributed by atoms with E-state index in [9.17, 15) is 0 Å². The summed E-state index contributed by atoms with van der Waals surface area (Å²) in [5.74, 6) is 0.